The van der Waals surface area contributed by atoms with Crippen LogP contribution in [0.3, 0.4) is 0 Å². The first-order valence-electron chi connectivity index (χ1n) is 12.3. The van der Waals surface area contributed by atoms with E-state index in [0.717, 1.165) is 11.1 Å². The normalized spacial score (nSPS) is 17.2. The van der Waals surface area contributed by atoms with Crippen molar-refractivity contribution in [1.29, 1.82) is 0 Å². The molecule has 2 heterocycles. The maximum Gasteiger partial charge on any atom is 0.296 e. The fraction of sp³-hybridized carbons (Fsp3) is 0.300. The van der Waals surface area contributed by atoms with Crippen molar-refractivity contribution in [3.05, 3.63) is 94.8 Å². The monoisotopic (exact) mass is 500 g/mol. The molecule has 1 saturated heterocycles. The summed E-state index contributed by atoms with van der Waals surface area (Å²) in [5.41, 5.74) is 2.27. The van der Waals surface area contributed by atoms with E-state index in [1.165, 1.54) is 4.90 Å². The highest BCUT2D eigenvalue weighted by Gasteiger charge is 2.47. The smallest absolute Gasteiger partial charge is 0.296 e. The van der Waals surface area contributed by atoms with Crippen LogP contribution in [0.4, 0.5) is 0 Å². The quantitative estimate of drug-likeness (QED) is 0.265. The summed E-state index contributed by atoms with van der Waals surface area (Å²) in [4.78, 5) is 32.6. The number of amides is 1. The van der Waals surface area contributed by atoms with E-state index < -0.39 is 17.7 Å². The molecule has 4 rings (SSSR count). The summed E-state index contributed by atoms with van der Waals surface area (Å²) in [5, 5.41) is 11.5. The molecule has 1 aliphatic heterocycles. The molecule has 0 spiro atoms. The van der Waals surface area contributed by atoms with Crippen LogP contribution in [-0.2, 0) is 21.5 Å². The molecule has 1 atom stereocenters. The van der Waals surface area contributed by atoms with Gasteiger partial charge in [0, 0.05) is 22.9 Å². The third-order valence-electron chi connectivity index (χ3n) is 6.40. The maximum atomic E-state index is 13.4. The second kappa shape index (κ2) is 10.5. The SMILES string of the molecule is CCOc1ccc(/C(O)=C2/C(=O)C(=O)N(Cc3ccccc3OC)C2c2ccccn2)cc1C(C)(C)C. The molecule has 0 aliphatic carbocycles. The highest BCUT2D eigenvalue weighted by atomic mass is 16.5. The predicted molar refractivity (Wildman–Crippen MR) is 141 cm³/mol. The third kappa shape index (κ3) is 5.07. The van der Waals surface area contributed by atoms with Crippen molar-refractivity contribution in [2.24, 2.45) is 0 Å². The van der Waals surface area contributed by atoms with Crippen molar-refractivity contribution in [3.8, 4) is 11.5 Å². The molecule has 192 valence electrons. The van der Waals surface area contributed by atoms with E-state index in [-0.39, 0.29) is 23.3 Å². The highest BCUT2D eigenvalue weighted by Crippen LogP contribution is 2.41. The largest absolute Gasteiger partial charge is 0.507 e. The molecular weight excluding hydrogens is 468 g/mol. The number of carbonyl (C=O) groups excluding carboxylic acids is 2. The summed E-state index contributed by atoms with van der Waals surface area (Å²) in [5.74, 6) is -0.389. The number of ketones is 1. The van der Waals surface area contributed by atoms with Gasteiger partial charge in [0.1, 0.15) is 23.3 Å². The van der Waals surface area contributed by atoms with E-state index >= 15 is 0 Å². The van der Waals surface area contributed by atoms with Crippen LogP contribution >= 0.6 is 0 Å². The van der Waals surface area contributed by atoms with Gasteiger partial charge in [-0.05, 0) is 48.7 Å². The number of nitrogens with zero attached hydrogens (tertiary/aromatic N) is 2. The zero-order valence-electron chi connectivity index (χ0n) is 21.8. The molecule has 0 bridgehead atoms. The lowest BCUT2D eigenvalue weighted by Crippen LogP contribution is -2.29. The van der Waals surface area contributed by atoms with E-state index in [1.54, 1.807) is 49.7 Å². The number of hydrogen-bond acceptors (Lipinski definition) is 6. The Kier molecular flexibility index (Phi) is 7.34. The molecule has 7 heteroatoms. The standard InChI is InChI=1S/C30H32N2O5/c1-6-37-24-15-14-19(17-21(24)30(2,3)4)27(33)25-26(22-12-9-10-16-31-22)32(29(35)28(25)34)18-20-11-7-8-13-23(20)36-5/h7-17,26,33H,6,18H2,1-5H3/b27-25-. The van der Waals surface area contributed by atoms with E-state index in [1.807, 2.05) is 31.2 Å². The van der Waals surface area contributed by atoms with Gasteiger partial charge in [0.05, 0.1) is 31.5 Å². The van der Waals surface area contributed by atoms with E-state index in [2.05, 4.69) is 25.8 Å². The number of ether oxygens (including phenoxy) is 2. The number of para-hydroxylation sites is 1. The third-order valence-corrected chi connectivity index (χ3v) is 6.40. The molecule has 7 nitrogen and oxygen atoms in total. The Morgan fingerprint density at radius 2 is 1.76 bits per heavy atom. The molecule has 37 heavy (non-hydrogen) atoms. The molecule has 2 aromatic carbocycles. The molecule has 0 radical (unpaired) electrons. The second-order valence-corrected chi connectivity index (χ2v) is 9.89. The summed E-state index contributed by atoms with van der Waals surface area (Å²) in [6.07, 6.45) is 1.60. The fourth-order valence-corrected chi connectivity index (χ4v) is 4.61. The number of rotatable bonds is 7. The van der Waals surface area contributed by atoms with Crippen LogP contribution < -0.4 is 9.47 Å². The van der Waals surface area contributed by atoms with Gasteiger partial charge in [-0.25, -0.2) is 0 Å². The fourth-order valence-electron chi connectivity index (χ4n) is 4.61. The average molecular weight is 501 g/mol. The number of Topliss-reactive ketones (excluding diaryl/α,β-unsaturated/α-hetero) is 1. The number of aliphatic hydroxyl groups is 1. The lowest BCUT2D eigenvalue weighted by atomic mass is 9.84. The molecule has 1 unspecified atom stereocenters. The molecule has 1 aliphatic rings. The van der Waals surface area contributed by atoms with Gasteiger partial charge in [-0.2, -0.15) is 0 Å². The number of aromatic nitrogens is 1. The Balaban J connectivity index is 1.88. The minimum Gasteiger partial charge on any atom is -0.507 e. The topological polar surface area (TPSA) is 89.0 Å². The van der Waals surface area contributed by atoms with Gasteiger partial charge in [0.15, 0.2) is 0 Å². The molecule has 1 fully saturated rings. The summed E-state index contributed by atoms with van der Waals surface area (Å²) in [7, 11) is 1.56. The van der Waals surface area contributed by atoms with Gasteiger partial charge in [-0.15, -0.1) is 0 Å². The van der Waals surface area contributed by atoms with Crippen molar-refractivity contribution in [2.75, 3.05) is 13.7 Å². The van der Waals surface area contributed by atoms with Crippen LogP contribution in [0, 0.1) is 0 Å². The van der Waals surface area contributed by atoms with Crippen molar-refractivity contribution in [3.63, 3.8) is 0 Å². The first-order chi connectivity index (χ1) is 17.7. The lowest BCUT2D eigenvalue weighted by molar-refractivity contribution is -0.140. The highest BCUT2D eigenvalue weighted by molar-refractivity contribution is 6.46. The summed E-state index contributed by atoms with van der Waals surface area (Å²) in [6.45, 7) is 8.68. The predicted octanol–water partition coefficient (Wildman–Crippen LogP) is 5.41. The molecule has 1 amide bonds. The van der Waals surface area contributed by atoms with Gasteiger partial charge in [-0.3, -0.25) is 14.6 Å². The van der Waals surface area contributed by atoms with Crippen LogP contribution in [0.5, 0.6) is 11.5 Å². The summed E-state index contributed by atoms with van der Waals surface area (Å²) >= 11 is 0. The van der Waals surface area contributed by atoms with Gasteiger partial charge in [0.2, 0.25) is 0 Å². The number of benzene rings is 2. The Morgan fingerprint density at radius 1 is 1.03 bits per heavy atom. The zero-order valence-corrected chi connectivity index (χ0v) is 21.8. The van der Waals surface area contributed by atoms with Crippen molar-refractivity contribution >= 4 is 17.4 Å². The zero-order chi connectivity index (χ0) is 26.7. The molecule has 0 saturated carbocycles. The van der Waals surface area contributed by atoms with E-state index in [4.69, 9.17) is 9.47 Å². The van der Waals surface area contributed by atoms with Crippen LogP contribution in [-0.4, -0.2) is 40.4 Å². The van der Waals surface area contributed by atoms with Gasteiger partial charge < -0.3 is 19.5 Å². The second-order valence-electron chi connectivity index (χ2n) is 9.89. The summed E-state index contributed by atoms with van der Waals surface area (Å²) < 4.78 is 11.3. The molecule has 1 aromatic heterocycles. The van der Waals surface area contributed by atoms with Gasteiger partial charge >= 0.3 is 0 Å². The average Bonchev–Trinajstić information content (AvgIpc) is 3.14. The van der Waals surface area contributed by atoms with E-state index in [9.17, 15) is 14.7 Å². The number of hydrogen-bond donors (Lipinski definition) is 1. The Morgan fingerprint density at radius 3 is 2.41 bits per heavy atom. The van der Waals surface area contributed by atoms with E-state index in [0.29, 0.717) is 29.4 Å². The van der Waals surface area contributed by atoms with Gasteiger partial charge in [-0.1, -0.05) is 45.0 Å². The van der Waals surface area contributed by atoms with Crippen molar-refractivity contribution in [2.45, 2.75) is 45.7 Å². The number of pyridine rings is 1. The van der Waals surface area contributed by atoms with Crippen LogP contribution in [0.15, 0.2) is 72.4 Å². The number of aliphatic hydroxyl groups excluding tert-OH is 1. The Labute approximate surface area is 217 Å². The first kappa shape index (κ1) is 25.9. The number of carbonyl (C=O) groups is 2. The van der Waals surface area contributed by atoms with Crippen LogP contribution in [0.25, 0.3) is 5.76 Å². The van der Waals surface area contributed by atoms with Gasteiger partial charge in [0.25, 0.3) is 11.7 Å². The lowest BCUT2D eigenvalue weighted by Gasteiger charge is -2.26. The molecule has 1 N–H and O–H groups in total. The minimum absolute atomic E-state index is 0.00242. The number of methoxy groups -OCH3 is 1. The maximum absolute atomic E-state index is 13.4. The first-order valence-corrected chi connectivity index (χ1v) is 12.3. The molecular formula is C30H32N2O5. The summed E-state index contributed by atoms with van der Waals surface area (Å²) in [6, 6.07) is 17.1. The van der Waals surface area contributed by atoms with Crippen LogP contribution in [0.2, 0.25) is 0 Å². The molecule has 3 aromatic rings. The van der Waals surface area contributed by atoms with Crippen molar-refractivity contribution < 1.29 is 24.2 Å². The number of likely N-dealkylation sites (tertiary alicyclic amines) is 1. The van der Waals surface area contributed by atoms with Crippen molar-refractivity contribution in [1.82, 2.24) is 9.88 Å². The Hall–Kier alpha value is -4.13. The minimum atomic E-state index is -0.865. The Bertz CT molecular complexity index is 1340. The van der Waals surface area contributed by atoms with Crippen LogP contribution in [0.1, 0.15) is 56.1 Å².